The van der Waals surface area contributed by atoms with Crippen LogP contribution < -0.4 is 5.32 Å². The molecule has 1 nitrogen and oxygen atoms in total. The summed E-state index contributed by atoms with van der Waals surface area (Å²) in [6.45, 7) is 4.30. The lowest BCUT2D eigenvalue weighted by atomic mass is 9.96. The van der Waals surface area contributed by atoms with E-state index < -0.39 is 17.7 Å². The molecule has 5 heteroatoms. The summed E-state index contributed by atoms with van der Waals surface area (Å²) >= 11 is 9.42. The fraction of sp³-hybridized carbons (Fsp3) is 0.250. The fourth-order valence-electron chi connectivity index (χ4n) is 2.27. The van der Waals surface area contributed by atoms with Crippen LogP contribution in [0.3, 0.4) is 0 Å². The van der Waals surface area contributed by atoms with E-state index in [2.05, 4.69) is 21.2 Å². The van der Waals surface area contributed by atoms with Crippen molar-refractivity contribution in [1.82, 2.24) is 5.32 Å². The number of hydrogen-bond acceptors (Lipinski definition) is 1. The van der Waals surface area contributed by atoms with Gasteiger partial charge >= 0.3 is 0 Å². The summed E-state index contributed by atoms with van der Waals surface area (Å²) in [5.74, 6) is -1.21. The molecule has 0 spiro atoms. The van der Waals surface area contributed by atoms with Crippen molar-refractivity contribution in [2.24, 2.45) is 0 Å². The van der Waals surface area contributed by atoms with Gasteiger partial charge in [-0.15, -0.1) is 0 Å². The van der Waals surface area contributed by atoms with Crippen molar-refractivity contribution in [3.63, 3.8) is 0 Å². The van der Waals surface area contributed by atoms with Gasteiger partial charge in [-0.3, -0.25) is 0 Å². The lowest BCUT2D eigenvalue weighted by Crippen LogP contribution is -2.24. The highest BCUT2D eigenvalue weighted by atomic mass is 79.9. The van der Waals surface area contributed by atoms with E-state index >= 15 is 0 Å². The number of rotatable bonds is 4. The standard InChI is InChI=1S/C16H15BrClF2N/c1-3-21-16(10-6-4-5-9(2)14(10)18)13-12(19)8-7-11(17)15(13)20/h4-8,16,21H,3H2,1-2H3. The largest absolute Gasteiger partial charge is 0.306 e. The van der Waals surface area contributed by atoms with Gasteiger partial charge in [0.15, 0.2) is 0 Å². The van der Waals surface area contributed by atoms with E-state index in [0.29, 0.717) is 17.1 Å². The van der Waals surface area contributed by atoms with E-state index in [-0.39, 0.29) is 10.0 Å². The Hall–Kier alpha value is -0.970. The zero-order valence-electron chi connectivity index (χ0n) is 11.7. The van der Waals surface area contributed by atoms with Gasteiger partial charge in [-0.1, -0.05) is 36.7 Å². The first kappa shape index (κ1) is 16.4. The smallest absolute Gasteiger partial charge is 0.145 e. The quantitative estimate of drug-likeness (QED) is 0.708. The third-order valence-corrected chi connectivity index (χ3v) is 4.44. The minimum Gasteiger partial charge on any atom is -0.306 e. The van der Waals surface area contributed by atoms with Crippen molar-refractivity contribution in [2.75, 3.05) is 6.54 Å². The highest BCUT2D eigenvalue weighted by Crippen LogP contribution is 2.35. The predicted octanol–water partition coefficient (Wildman–Crippen LogP) is 5.39. The van der Waals surface area contributed by atoms with E-state index in [1.54, 1.807) is 6.07 Å². The maximum absolute atomic E-state index is 14.4. The molecule has 0 saturated carbocycles. The Bertz CT molecular complexity index is 661. The molecular weight excluding hydrogens is 360 g/mol. The molecule has 1 N–H and O–H groups in total. The van der Waals surface area contributed by atoms with E-state index in [4.69, 9.17) is 11.6 Å². The molecule has 0 heterocycles. The number of benzene rings is 2. The van der Waals surface area contributed by atoms with Gasteiger partial charge in [-0.2, -0.15) is 0 Å². The number of hydrogen-bond donors (Lipinski definition) is 1. The molecule has 112 valence electrons. The molecule has 21 heavy (non-hydrogen) atoms. The molecule has 0 saturated heterocycles. The first-order chi connectivity index (χ1) is 9.97. The summed E-state index contributed by atoms with van der Waals surface area (Å²) in [4.78, 5) is 0. The van der Waals surface area contributed by atoms with Crippen LogP contribution in [0, 0.1) is 18.6 Å². The summed E-state index contributed by atoms with van der Waals surface area (Å²) < 4.78 is 28.8. The molecule has 0 radical (unpaired) electrons. The molecule has 0 bridgehead atoms. The first-order valence-electron chi connectivity index (χ1n) is 6.59. The minimum atomic E-state index is -0.639. The molecule has 2 rings (SSSR count). The number of halogens is 4. The van der Waals surface area contributed by atoms with Gasteiger partial charge in [-0.05, 0) is 52.7 Å². The van der Waals surface area contributed by atoms with Crippen molar-refractivity contribution in [1.29, 1.82) is 0 Å². The Morgan fingerprint density at radius 2 is 1.95 bits per heavy atom. The van der Waals surface area contributed by atoms with Crippen molar-refractivity contribution < 1.29 is 8.78 Å². The maximum Gasteiger partial charge on any atom is 0.145 e. The second-order valence-corrected chi connectivity index (χ2v) is 5.96. The zero-order chi connectivity index (χ0) is 15.6. The molecule has 0 aliphatic rings. The highest BCUT2D eigenvalue weighted by molar-refractivity contribution is 9.10. The van der Waals surface area contributed by atoms with Gasteiger partial charge in [0.1, 0.15) is 11.6 Å². The Labute approximate surface area is 136 Å². The van der Waals surface area contributed by atoms with Crippen LogP contribution in [-0.4, -0.2) is 6.54 Å². The van der Waals surface area contributed by atoms with Crippen LogP contribution in [0.1, 0.15) is 29.7 Å². The lowest BCUT2D eigenvalue weighted by molar-refractivity contribution is 0.507. The monoisotopic (exact) mass is 373 g/mol. The first-order valence-corrected chi connectivity index (χ1v) is 7.76. The summed E-state index contributed by atoms with van der Waals surface area (Å²) in [5, 5.41) is 3.62. The van der Waals surface area contributed by atoms with Gasteiger partial charge in [0.25, 0.3) is 0 Å². The van der Waals surface area contributed by atoms with Gasteiger partial charge in [0.05, 0.1) is 10.5 Å². The van der Waals surface area contributed by atoms with E-state index in [9.17, 15) is 8.78 Å². The highest BCUT2D eigenvalue weighted by Gasteiger charge is 2.25. The molecule has 2 aromatic carbocycles. The average molecular weight is 375 g/mol. The Kier molecular flexibility index (Phi) is 5.36. The molecular formula is C16H15BrClF2N. The van der Waals surface area contributed by atoms with Crippen molar-refractivity contribution in [3.05, 3.63) is 68.2 Å². The molecule has 1 unspecified atom stereocenters. The van der Waals surface area contributed by atoms with Crippen molar-refractivity contribution in [3.8, 4) is 0 Å². The Balaban J connectivity index is 2.65. The lowest BCUT2D eigenvalue weighted by Gasteiger charge is -2.22. The second-order valence-electron chi connectivity index (χ2n) is 4.73. The summed E-state index contributed by atoms with van der Waals surface area (Å²) in [5.41, 5.74) is 1.50. The summed E-state index contributed by atoms with van der Waals surface area (Å²) in [7, 11) is 0. The number of nitrogens with one attached hydrogen (secondary N) is 1. The molecule has 0 amide bonds. The number of aryl methyl sites for hydroxylation is 1. The van der Waals surface area contributed by atoms with Crippen LogP contribution in [0.4, 0.5) is 8.78 Å². The molecule has 2 aromatic rings. The third-order valence-electron chi connectivity index (χ3n) is 3.31. The molecule has 0 aliphatic carbocycles. The summed E-state index contributed by atoms with van der Waals surface area (Å²) in [6.07, 6.45) is 0. The van der Waals surface area contributed by atoms with Crippen molar-refractivity contribution in [2.45, 2.75) is 19.9 Å². The van der Waals surface area contributed by atoms with Crippen LogP contribution >= 0.6 is 27.5 Å². The molecule has 1 atom stereocenters. The Morgan fingerprint density at radius 3 is 2.62 bits per heavy atom. The van der Waals surface area contributed by atoms with E-state index in [1.807, 2.05) is 26.0 Å². The third kappa shape index (κ3) is 3.28. The minimum absolute atomic E-state index is 0.0290. The van der Waals surface area contributed by atoms with Gasteiger partial charge in [0, 0.05) is 10.6 Å². The van der Waals surface area contributed by atoms with Crippen LogP contribution in [-0.2, 0) is 0 Å². The van der Waals surface area contributed by atoms with E-state index in [0.717, 1.165) is 5.56 Å². The van der Waals surface area contributed by atoms with Crippen LogP contribution in [0.5, 0.6) is 0 Å². The van der Waals surface area contributed by atoms with Gasteiger partial charge in [0.2, 0.25) is 0 Å². The summed E-state index contributed by atoms with van der Waals surface area (Å²) in [6, 6.07) is 7.44. The van der Waals surface area contributed by atoms with Gasteiger partial charge in [-0.25, -0.2) is 8.78 Å². The maximum atomic E-state index is 14.4. The van der Waals surface area contributed by atoms with Crippen molar-refractivity contribution >= 4 is 27.5 Å². The molecule has 0 aliphatic heterocycles. The Morgan fingerprint density at radius 1 is 1.24 bits per heavy atom. The second kappa shape index (κ2) is 6.86. The van der Waals surface area contributed by atoms with E-state index in [1.165, 1.54) is 12.1 Å². The van der Waals surface area contributed by atoms with Crippen LogP contribution in [0.15, 0.2) is 34.8 Å². The molecule has 0 fully saturated rings. The van der Waals surface area contributed by atoms with Gasteiger partial charge < -0.3 is 5.32 Å². The van der Waals surface area contributed by atoms with Crippen LogP contribution in [0.25, 0.3) is 0 Å². The molecule has 0 aromatic heterocycles. The normalized spacial score (nSPS) is 12.5. The zero-order valence-corrected chi connectivity index (χ0v) is 14.0. The average Bonchev–Trinajstić information content (AvgIpc) is 2.45. The SMILES string of the molecule is CCNC(c1cccc(C)c1Cl)c1c(F)ccc(Br)c1F. The fourth-order valence-corrected chi connectivity index (χ4v) is 2.85. The van der Waals surface area contributed by atoms with Crippen LogP contribution in [0.2, 0.25) is 5.02 Å². The predicted molar refractivity (Wildman–Crippen MR) is 85.8 cm³/mol. The topological polar surface area (TPSA) is 12.0 Å².